The van der Waals surface area contributed by atoms with Crippen LogP contribution in [0.2, 0.25) is 0 Å². The molecule has 0 saturated carbocycles. The van der Waals surface area contributed by atoms with E-state index in [0.29, 0.717) is 40.7 Å². The Morgan fingerprint density at radius 3 is 2.90 bits per heavy atom. The maximum atomic E-state index is 12.8. The quantitative estimate of drug-likeness (QED) is 0.862. The number of ether oxygens (including phenoxy) is 1. The predicted octanol–water partition coefficient (Wildman–Crippen LogP) is 1.52. The van der Waals surface area contributed by atoms with Gasteiger partial charge in [-0.05, 0) is 13.8 Å². The highest BCUT2D eigenvalue weighted by Gasteiger charge is 2.36. The molecule has 0 aliphatic carbocycles. The van der Waals surface area contributed by atoms with E-state index in [-0.39, 0.29) is 11.4 Å². The minimum atomic E-state index is -0.335. The Bertz CT molecular complexity index is 667. The molecule has 1 saturated heterocycles. The number of anilines is 1. The maximum Gasteiger partial charge on any atom is 0.266 e. The van der Waals surface area contributed by atoms with Crippen molar-refractivity contribution in [3.8, 4) is 0 Å². The lowest BCUT2D eigenvalue weighted by atomic mass is 10.0. The van der Waals surface area contributed by atoms with Crippen LogP contribution in [0.4, 0.5) is 5.69 Å². The molecule has 20 heavy (non-hydrogen) atoms. The SMILES string of the molecule is CC1(C)COCCN1C(=O)c1sc2nccnc2c1N. The third kappa shape index (κ3) is 2.03. The summed E-state index contributed by atoms with van der Waals surface area (Å²) in [6.07, 6.45) is 3.18. The van der Waals surface area contributed by atoms with Crippen LogP contribution in [0, 0.1) is 0 Å². The fraction of sp³-hybridized carbons (Fsp3) is 0.462. The maximum absolute atomic E-state index is 12.8. The van der Waals surface area contributed by atoms with Crippen molar-refractivity contribution in [1.82, 2.24) is 14.9 Å². The van der Waals surface area contributed by atoms with Crippen molar-refractivity contribution in [2.45, 2.75) is 19.4 Å². The first-order valence-corrected chi connectivity index (χ1v) is 7.21. The average Bonchev–Trinajstić information content (AvgIpc) is 2.76. The molecule has 3 rings (SSSR count). The normalized spacial score (nSPS) is 18.4. The lowest BCUT2D eigenvalue weighted by Gasteiger charge is -2.41. The summed E-state index contributed by atoms with van der Waals surface area (Å²) >= 11 is 1.30. The molecular formula is C13H16N4O2S. The predicted molar refractivity (Wildman–Crippen MR) is 77.8 cm³/mol. The van der Waals surface area contributed by atoms with Gasteiger partial charge in [-0.1, -0.05) is 0 Å². The topological polar surface area (TPSA) is 81.3 Å². The van der Waals surface area contributed by atoms with Gasteiger partial charge in [0, 0.05) is 18.9 Å². The zero-order chi connectivity index (χ0) is 14.3. The first-order valence-electron chi connectivity index (χ1n) is 6.39. The molecule has 3 heterocycles. The van der Waals surface area contributed by atoms with Gasteiger partial charge in [-0.15, -0.1) is 11.3 Å². The average molecular weight is 292 g/mol. The number of amides is 1. The molecule has 0 radical (unpaired) electrons. The first-order chi connectivity index (χ1) is 9.50. The number of nitrogens with zero attached hydrogens (tertiary/aromatic N) is 3. The minimum absolute atomic E-state index is 0.0689. The molecule has 1 fully saturated rings. The second-order valence-corrected chi connectivity index (χ2v) is 6.38. The van der Waals surface area contributed by atoms with Gasteiger partial charge in [-0.3, -0.25) is 4.79 Å². The molecule has 6 nitrogen and oxygen atoms in total. The van der Waals surface area contributed by atoms with E-state index in [2.05, 4.69) is 9.97 Å². The van der Waals surface area contributed by atoms with E-state index in [1.807, 2.05) is 18.7 Å². The summed E-state index contributed by atoms with van der Waals surface area (Å²) in [7, 11) is 0. The molecule has 7 heteroatoms. The standard InChI is InChI=1S/C13H16N4O2S/c1-13(2)7-19-6-5-17(13)12(18)10-8(14)9-11(20-10)16-4-3-15-9/h3-4H,5-7,14H2,1-2H3. The number of carbonyl (C=O) groups excluding carboxylic acids is 1. The summed E-state index contributed by atoms with van der Waals surface area (Å²) in [4.78, 5) is 24.2. The van der Waals surface area contributed by atoms with Gasteiger partial charge in [0.05, 0.1) is 24.4 Å². The summed E-state index contributed by atoms with van der Waals surface area (Å²) in [5.74, 6) is -0.0689. The van der Waals surface area contributed by atoms with Crippen LogP contribution < -0.4 is 5.73 Å². The van der Waals surface area contributed by atoms with Crippen molar-refractivity contribution in [2.24, 2.45) is 0 Å². The summed E-state index contributed by atoms with van der Waals surface area (Å²) in [5.41, 5.74) is 6.76. The fourth-order valence-corrected chi connectivity index (χ4v) is 3.33. The number of nitrogen functional groups attached to an aromatic ring is 1. The fourth-order valence-electron chi connectivity index (χ4n) is 2.36. The van der Waals surface area contributed by atoms with Crippen LogP contribution in [0.5, 0.6) is 0 Å². The third-order valence-electron chi connectivity index (χ3n) is 3.45. The Labute approximate surface area is 120 Å². The van der Waals surface area contributed by atoms with Gasteiger partial charge in [0.25, 0.3) is 5.91 Å². The van der Waals surface area contributed by atoms with Crippen molar-refractivity contribution in [3.63, 3.8) is 0 Å². The number of aromatic nitrogens is 2. The Hall–Kier alpha value is -1.73. The zero-order valence-corrected chi connectivity index (χ0v) is 12.2. The molecule has 0 unspecified atom stereocenters. The van der Waals surface area contributed by atoms with Gasteiger partial charge >= 0.3 is 0 Å². The molecule has 2 aromatic heterocycles. The van der Waals surface area contributed by atoms with E-state index in [1.54, 1.807) is 12.4 Å². The largest absolute Gasteiger partial charge is 0.396 e. The Morgan fingerprint density at radius 1 is 1.45 bits per heavy atom. The van der Waals surface area contributed by atoms with Gasteiger partial charge in [-0.25, -0.2) is 9.97 Å². The number of thiophene rings is 1. The zero-order valence-electron chi connectivity index (χ0n) is 11.4. The number of rotatable bonds is 1. The monoisotopic (exact) mass is 292 g/mol. The molecule has 0 spiro atoms. The Kier molecular flexibility index (Phi) is 3.10. The summed E-state index contributed by atoms with van der Waals surface area (Å²) in [6.45, 7) is 5.63. The second-order valence-electron chi connectivity index (χ2n) is 5.38. The number of hydrogen-bond acceptors (Lipinski definition) is 6. The van der Waals surface area contributed by atoms with Crippen LogP contribution in [0.25, 0.3) is 10.3 Å². The molecule has 0 aromatic carbocycles. The number of carbonyl (C=O) groups is 1. The third-order valence-corrected chi connectivity index (χ3v) is 4.54. The minimum Gasteiger partial charge on any atom is -0.396 e. The number of nitrogens with two attached hydrogens (primary N) is 1. The smallest absolute Gasteiger partial charge is 0.266 e. The lowest BCUT2D eigenvalue weighted by molar-refractivity contribution is -0.0368. The van der Waals surface area contributed by atoms with Crippen LogP contribution in [-0.2, 0) is 4.74 Å². The van der Waals surface area contributed by atoms with Crippen molar-refractivity contribution < 1.29 is 9.53 Å². The highest BCUT2D eigenvalue weighted by atomic mass is 32.1. The number of morpholine rings is 1. The van der Waals surface area contributed by atoms with Crippen molar-refractivity contribution in [3.05, 3.63) is 17.3 Å². The molecule has 1 aliphatic heterocycles. The van der Waals surface area contributed by atoms with Crippen molar-refractivity contribution >= 4 is 33.3 Å². The van der Waals surface area contributed by atoms with Crippen LogP contribution in [0.15, 0.2) is 12.4 Å². The highest BCUT2D eigenvalue weighted by Crippen LogP contribution is 2.33. The lowest BCUT2D eigenvalue weighted by Crippen LogP contribution is -2.55. The molecule has 2 N–H and O–H groups in total. The number of fused-ring (bicyclic) bond motifs is 1. The van der Waals surface area contributed by atoms with E-state index in [1.165, 1.54) is 11.3 Å². The summed E-state index contributed by atoms with van der Waals surface area (Å²) in [6, 6.07) is 0. The Morgan fingerprint density at radius 2 is 2.20 bits per heavy atom. The van der Waals surface area contributed by atoms with E-state index < -0.39 is 0 Å². The van der Waals surface area contributed by atoms with Gasteiger partial charge in [0.2, 0.25) is 0 Å². The number of hydrogen-bond donors (Lipinski definition) is 1. The second kappa shape index (κ2) is 4.68. The van der Waals surface area contributed by atoms with Gasteiger partial charge in [-0.2, -0.15) is 0 Å². The molecule has 2 aromatic rings. The molecular weight excluding hydrogens is 276 g/mol. The Balaban J connectivity index is 2.02. The van der Waals surface area contributed by atoms with Gasteiger partial charge in [0.1, 0.15) is 15.2 Å². The van der Waals surface area contributed by atoms with E-state index in [4.69, 9.17) is 10.5 Å². The molecule has 1 aliphatic rings. The van der Waals surface area contributed by atoms with Crippen LogP contribution in [-0.4, -0.2) is 46.1 Å². The summed E-state index contributed by atoms with van der Waals surface area (Å²) in [5, 5.41) is 0. The van der Waals surface area contributed by atoms with Crippen LogP contribution in [0.3, 0.4) is 0 Å². The first kappa shape index (κ1) is 13.3. The van der Waals surface area contributed by atoms with Gasteiger partial charge < -0.3 is 15.4 Å². The van der Waals surface area contributed by atoms with Crippen molar-refractivity contribution in [1.29, 1.82) is 0 Å². The summed E-state index contributed by atoms with van der Waals surface area (Å²) < 4.78 is 5.44. The van der Waals surface area contributed by atoms with E-state index >= 15 is 0 Å². The van der Waals surface area contributed by atoms with Crippen LogP contribution >= 0.6 is 11.3 Å². The van der Waals surface area contributed by atoms with Gasteiger partial charge in [0.15, 0.2) is 0 Å². The molecule has 0 bridgehead atoms. The van der Waals surface area contributed by atoms with E-state index in [9.17, 15) is 4.79 Å². The molecule has 1 amide bonds. The highest BCUT2D eigenvalue weighted by molar-refractivity contribution is 7.21. The van der Waals surface area contributed by atoms with E-state index in [0.717, 1.165) is 0 Å². The van der Waals surface area contributed by atoms with Crippen LogP contribution in [0.1, 0.15) is 23.5 Å². The molecule has 0 atom stereocenters. The molecule has 106 valence electrons. The van der Waals surface area contributed by atoms with Crippen molar-refractivity contribution in [2.75, 3.05) is 25.5 Å².